The molecule has 4 atom stereocenters. The van der Waals surface area contributed by atoms with Gasteiger partial charge >= 0.3 is 12.0 Å². The number of para-hydroxylation sites is 1. The zero-order chi connectivity index (χ0) is 19.8. The molecule has 7 nitrogen and oxygen atoms in total. The Balaban J connectivity index is 1.40. The Morgan fingerprint density at radius 3 is 2.61 bits per heavy atom. The molecule has 2 saturated heterocycles. The molecule has 0 unspecified atom stereocenters. The predicted octanol–water partition coefficient (Wildman–Crippen LogP) is 3.31. The molecule has 3 rings (SSSR count). The second kappa shape index (κ2) is 10.2. The fraction of sp³-hybridized carbons (Fsp3) is 0.524. The molecule has 1 aromatic rings. The number of carbonyl (C=O) groups excluding carboxylic acids is 1. The van der Waals surface area contributed by atoms with Crippen molar-refractivity contribution in [2.75, 3.05) is 11.9 Å². The number of nitrogens with one attached hydrogen (secondary N) is 3. The molecular weight excluding hydrogens is 358 g/mol. The predicted molar refractivity (Wildman–Crippen MR) is 107 cm³/mol. The van der Waals surface area contributed by atoms with E-state index in [9.17, 15) is 9.59 Å². The molecule has 0 radical (unpaired) electrons. The summed E-state index contributed by atoms with van der Waals surface area (Å²) in [5.41, 5.74) is 6.50. The van der Waals surface area contributed by atoms with Crippen LogP contribution in [0.4, 0.5) is 10.5 Å². The van der Waals surface area contributed by atoms with Gasteiger partial charge in [-0.3, -0.25) is 10.2 Å². The van der Waals surface area contributed by atoms with E-state index in [0.717, 1.165) is 31.4 Å². The molecule has 0 aromatic heterocycles. The number of carboxylic acids is 1. The van der Waals surface area contributed by atoms with Gasteiger partial charge in [-0.15, -0.1) is 0 Å². The molecule has 0 saturated carbocycles. The second-order valence-corrected chi connectivity index (χ2v) is 7.44. The molecule has 2 aliphatic rings. The van der Waals surface area contributed by atoms with Gasteiger partial charge in [-0.2, -0.15) is 0 Å². The highest BCUT2D eigenvalue weighted by Gasteiger charge is 2.47. The lowest BCUT2D eigenvalue weighted by Gasteiger charge is -2.27. The van der Waals surface area contributed by atoms with E-state index in [4.69, 9.17) is 9.84 Å². The fourth-order valence-corrected chi connectivity index (χ4v) is 4.16. The number of benzene rings is 1. The van der Waals surface area contributed by atoms with Crippen molar-refractivity contribution in [2.45, 2.75) is 50.7 Å². The minimum absolute atomic E-state index is 0.213. The van der Waals surface area contributed by atoms with Crippen LogP contribution in [-0.4, -0.2) is 35.9 Å². The third kappa shape index (κ3) is 5.81. The monoisotopic (exact) mass is 387 g/mol. The van der Waals surface area contributed by atoms with Gasteiger partial charge in [0.2, 0.25) is 0 Å². The zero-order valence-corrected chi connectivity index (χ0v) is 16.0. The number of allylic oxidation sites excluding steroid dienone is 2. The molecule has 0 aliphatic carbocycles. The number of anilines is 1. The molecule has 152 valence electrons. The number of hydrogen-bond donors (Lipinski definition) is 4. The van der Waals surface area contributed by atoms with Gasteiger partial charge in [-0.05, 0) is 50.2 Å². The molecule has 2 amide bonds. The number of urea groups is 1. The summed E-state index contributed by atoms with van der Waals surface area (Å²) in [6, 6.07) is 9.03. The highest BCUT2D eigenvalue weighted by molar-refractivity contribution is 5.88. The standard InChI is InChI=1S/C21H29N3O4/c25-20(26)11-7-2-1-6-10-16-17(19-13-12-18(16)28-19)14-22-24-21(27)23-15-8-4-3-5-9-15/h1,3-6,8-9,16-19,22H,2,7,10-14H2,(H,25,26)(H2,23,24,27)/b6-1-/t16-,17-,18-,19+/m1/s1. The van der Waals surface area contributed by atoms with Crippen LogP contribution in [0.5, 0.6) is 0 Å². The number of hydrogen-bond acceptors (Lipinski definition) is 4. The molecule has 2 fully saturated rings. The van der Waals surface area contributed by atoms with Gasteiger partial charge in [0.1, 0.15) is 0 Å². The quantitative estimate of drug-likeness (QED) is 0.280. The first-order chi connectivity index (χ1) is 13.6. The average Bonchev–Trinajstić information content (AvgIpc) is 3.27. The van der Waals surface area contributed by atoms with E-state index in [1.807, 2.05) is 30.3 Å². The highest BCUT2D eigenvalue weighted by Crippen LogP contribution is 2.44. The van der Waals surface area contributed by atoms with Crippen LogP contribution in [0.25, 0.3) is 0 Å². The van der Waals surface area contributed by atoms with E-state index in [1.165, 1.54) is 0 Å². The third-order valence-corrected chi connectivity index (χ3v) is 5.50. The van der Waals surface area contributed by atoms with Crippen molar-refractivity contribution in [3.05, 3.63) is 42.5 Å². The number of unbranched alkanes of at least 4 members (excludes halogenated alkanes) is 1. The summed E-state index contributed by atoms with van der Waals surface area (Å²) in [7, 11) is 0. The van der Waals surface area contributed by atoms with Gasteiger partial charge in [0, 0.05) is 24.6 Å². The van der Waals surface area contributed by atoms with E-state index in [-0.39, 0.29) is 18.6 Å². The number of hydrazine groups is 1. The topological polar surface area (TPSA) is 99.7 Å². The fourth-order valence-electron chi connectivity index (χ4n) is 4.16. The van der Waals surface area contributed by atoms with Gasteiger partial charge in [0.15, 0.2) is 0 Å². The van der Waals surface area contributed by atoms with Gasteiger partial charge in [-0.1, -0.05) is 30.4 Å². The zero-order valence-electron chi connectivity index (χ0n) is 16.0. The lowest BCUT2D eigenvalue weighted by atomic mass is 9.77. The van der Waals surface area contributed by atoms with Crippen LogP contribution in [-0.2, 0) is 9.53 Å². The summed E-state index contributed by atoms with van der Waals surface area (Å²) in [6.45, 7) is 0.668. The van der Waals surface area contributed by atoms with Crippen molar-refractivity contribution in [1.82, 2.24) is 10.9 Å². The Labute approximate surface area is 165 Å². The highest BCUT2D eigenvalue weighted by atomic mass is 16.5. The van der Waals surface area contributed by atoms with Crippen molar-refractivity contribution >= 4 is 17.7 Å². The molecule has 2 bridgehead atoms. The van der Waals surface area contributed by atoms with E-state index in [2.05, 4.69) is 28.3 Å². The lowest BCUT2D eigenvalue weighted by Crippen LogP contribution is -2.45. The Hall–Kier alpha value is -2.38. The number of rotatable bonds is 10. The minimum Gasteiger partial charge on any atom is -0.481 e. The van der Waals surface area contributed by atoms with Gasteiger partial charge in [0.25, 0.3) is 0 Å². The van der Waals surface area contributed by atoms with Crippen LogP contribution in [0.1, 0.15) is 38.5 Å². The van der Waals surface area contributed by atoms with Crippen LogP contribution in [0.15, 0.2) is 42.5 Å². The molecule has 4 N–H and O–H groups in total. The number of carbonyl (C=O) groups is 2. The van der Waals surface area contributed by atoms with Crippen molar-refractivity contribution < 1.29 is 19.4 Å². The van der Waals surface area contributed by atoms with Crippen LogP contribution in [0.2, 0.25) is 0 Å². The smallest absolute Gasteiger partial charge is 0.333 e. The molecule has 0 spiro atoms. The number of ether oxygens (including phenoxy) is 1. The molecule has 7 heteroatoms. The van der Waals surface area contributed by atoms with Crippen LogP contribution < -0.4 is 16.2 Å². The Kier molecular flexibility index (Phi) is 7.45. The number of fused-ring (bicyclic) bond motifs is 2. The number of carboxylic acid groups (broad SMARTS) is 1. The number of aliphatic carboxylic acids is 1. The first kappa shape index (κ1) is 20.4. The molecular formula is C21H29N3O4. The minimum atomic E-state index is -0.746. The van der Waals surface area contributed by atoms with E-state index in [0.29, 0.717) is 30.9 Å². The Bertz CT molecular complexity index is 679. The maximum Gasteiger partial charge on any atom is 0.333 e. The summed E-state index contributed by atoms with van der Waals surface area (Å²) in [4.78, 5) is 22.5. The first-order valence-corrected chi connectivity index (χ1v) is 10.0. The third-order valence-electron chi connectivity index (χ3n) is 5.50. The van der Waals surface area contributed by atoms with Gasteiger partial charge < -0.3 is 15.2 Å². The van der Waals surface area contributed by atoms with Crippen LogP contribution in [0, 0.1) is 11.8 Å². The SMILES string of the molecule is O=C(O)CCC/C=C\C[C@@H]1[C@@H](CNNC(=O)Nc2ccccc2)[C@@H]2CC[C@H]1O2. The average molecular weight is 387 g/mol. The van der Waals surface area contributed by atoms with Crippen molar-refractivity contribution in [1.29, 1.82) is 0 Å². The van der Waals surface area contributed by atoms with E-state index < -0.39 is 5.97 Å². The van der Waals surface area contributed by atoms with Crippen LogP contribution in [0.3, 0.4) is 0 Å². The lowest BCUT2D eigenvalue weighted by molar-refractivity contribution is -0.137. The molecule has 28 heavy (non-hydrogen) atoms. The summed E-state index contributed by atoms with van der Waals surface area (Å²) in [5, 5.41) is 11.4. The first-order valence-electron chi connectivity index (χ1n) is 10.0. The van der Waals surface area contributed by atoms with Gasteiger partial charge in [0.05, 0.1) is 12.2 Å². The summed E-state index contributed by atoms with van der Waals surface area (Å²) >= 11 is 0. The Morgan fingerprint density at radius 2 is 1.86 bits per heavy atom. The summed E-state index contributed by atoms with van der Waals surface area (Å²) in [5.74, 6) is 0.0465. The van der Waals surface area contributed by atoms with Crippen molar-refractivity contribution in [3.63, 3.8) is 0 Å². The Morgan fingerprint density at radius 1 is 1.11 bits per heavy atom. The largest absolute Gasteiger partial charge is 0.481 e. The van der Waals surface area contributed by atoms with E-state index >= 15 is 0 Å². The van der Waals surface area contributed by atoms with Crippen molar-refractivity contribution in [2.24, 2.45) is 11.8 Å². The van der Waals surface area contributed by atoms with Gasteiger partial charge in [-0.25, -0.2) is 10.2 Å². The maximum atomic E-state index is 12.0. The second-order valence-electron chi connectivity index (χ2n) is 7.44. The summed E-state index contributed by atoms with van der Waals surface area (Å²) < 4.78 is 6.08. The molecule has 1 aromatic carbocycles. The molecule has 2 aliphatic heterocycles. The van der Waals surface area contributed by atoms with Crippen LogP contribution >= 0.6 is 0 Å². The molecule has 2 heterocycles. The summed E-state index contributed by atoms with van der Waals surface area (Å²) in [6.07, 6.45) is 9.54. The van der Waals surface area contributed by atoms with E-state index in [1.54, 1.807) is 0 Å². The normalized spacial score (nSPS) is 25.9. The number of amides is 2. The van der Waals surface area contributed by atoms with Crippen molar-refractivity contribution in [3.8, 4) is 0 Å². The maximum absolute atomic E-state index is 12.0.